The molecular formula is C52H61N5. The summed E-state index contributed by atoms with van der Waals surface area (Å²) in [5.74, 6) is 0. The zero-order chi connectivity index (χ0) is 41.5. The third-order valence-electron chi connectivity index (χ3n) is 9.77. The van der Waals surface area contributed by atoms with Crippen LogP contribution in [0, 0.1) is 6.92 Å². The molecule has 0 bridgehead atoms. The molecule has 5 nitrogen and oxygen atoms in total. The fourth-order valence-electron chi connectivity index (χ4n) is 7.12. The summed E-state index contributed by atoms with van der Waals surface area (Å²) < 4.78 is 4.57. The quantitative estimate of drug-likeness (QED) is 0.0793. The molecule has 0 radical (unpaired) electrons. The van der Waals surface area contributed by atoms with Gasteiger partial charge in [0.15, 0.2) is 0 Å². The number of fused-ring (bicyclic) bond motifs is 4. The third kappa shape index (κ3) is 10.8. The van der Waals surface area contributed by atoms with Crippen molar-refractivity contribution >= 4 is 45.9 Å². The van der Waals surface area contributed by atoms with Gasteiger partial charge in [-0.05, 0) is 99.4 Å². The molecule has 294 valence electrons. The molecule has 0 unspecified atom stereocenters. The topological polar surface area (TPSA) is 38.4 Å². The number of benzene rings is 3. The van der Waals surface area contributed by atoms with Gasteiger partial charge in [0.05, 0.1) is 16.7 Å². The molecule has 1 aliphatic heterocycles. The third-order valence-corrected chi connectivity index (χ3v) is 9.77. The largest absolute Gasteiger partial charge is 0.376 e. The molecule has 3 aromatic heterocycles. The first-order valence-corrected chi connectivity index (χ1v) is 19.8. The average molecular weight is 756 g/mol. The van der Waals surface area contributed by atoms with Crippen LogP contribution in [-0.2, 0) is 19.4 Å². The minimum absolute atomic E-state index is 0.928. The Hall–Kier alpha value is -6.20. The lowest BCUT2D eigenvalue weighted by Gasteiger charge is -2.19. The molecule has 0 fully saturated rings. The summed E-state index contributed by atoms with van der Waals surface area (Å²) in [7, 11) is 2.10. The Kier molecular flexibility index (Phi) is 16.2. The highest BCUT2D eigenvalue weighted by Gasteiger charge is 2.19. The van der Waals surface area contributed by atoms with E-state index in [1.807, 2.05) is 18.5 Å². The molecule has 5 heteroatoms. The van der Waals surface area contributed by atoms with Crippen molar-refractivity contribution in [2.45, 2.75) is 73.8 Å². The predicted molar refractivity (Wildman–Crippen MR) is 251 cm³/mol. The molecule has 7 rings (SSSR count). The lowest BCUT2D eigenvalue weighted by molar-refractivity contribution is 0.449. The highest BCUT2D eigenvalue weighted by Crippen LogP contribution is 2.34. The molecule has 0 saturated carbocycles. The minimum atomic E-state index is 0.928. The Balaban J connectivity index is 0.000000248. The average Bonchev–Trinajstić information content (AvgIpc) is 3.70. The van der Waals surface area contributed by atoms with Crippen molar-refractivity contribution in [1.29, 1.82) is 0 Å². The van der Waals surface area contributed by atoms with Gasteiger partial charge in [-0.1, -0.05) is 126 Å². The standard InChI is InChI=1S/C31H32N2.C15H16N2.C3H5N.C3H8/c1-6-8-23(4)31-24(5)33(30-17-18-32-21-29(30)31)28-15-13-27(14-16-28)20-26-11-9-25(10-12-26)19-22(3)7-2;1-11(2)17-14-7-5-4-6-12(14)13-10-16(3)9-8-15(13)17;1-3-4-2;1-3-2/h6,8-18,21H,1,3,7,19-20H2,2,4-5H3;4-9H,1,10H2,2-3H3;3H,1-2H2;3H2,1-2H3/b23-8-;;;. The SMILES string of the molecule is C=C(C)n1c2c(c3ccccc31)CN(C)C=C2.C=C/C=C(/C)c1c(C)n(-c2ccc(Cc3ccc(CC(=C)CC)cc3)cc2)c2ccncc12.C=CN=C.CCC. The normalized spacial score (nSPS) is 11.6. The predicted octanol–water partition coefficient (Wildman–Crippen LogP) is 13.8. The number of nitrogens with zero attached hydrogens (tertiary/aromatic N) is 5. The number of aromatic nitrogens is 3. The van der Waals surface area contributed by atoms with Crippen LogP contribution in [0.4, 0.5) is 0 Å². The van der Waals surface area contributed by atoms with E-state index in [9.17, 15) is 0 Å². The van der Waals surface area contributed by atoms with Gasteiger partial charge in [-0.3, -0.25) is 9.98 Å². The van der Waals surface area contributed by atoms with Crippen LogP contribution < -0.4 is 0 Å². The Morgan fingerprint density at radius 1 is 0.842 bits per heavy atom. The van der Waals surface area contributed by atoms with E-state index in [4.69, 9.17) is 0 Å². The summed E-state index contributed by atoms with van der Waals surface area (Å²) in [5, 5.41) is 2.50. The van der Waals surface area contributed by atoms with Crippen molar-refractivity contribution in [3.63, 3.8) is 0 Å². The van der Waals surface area contributed by atoms with Gasteiger partial charge in [0.2, 0.25) is 0 Å². The van der Waals surface area contributed by atoms with Crippen LogP contribution in [0.1, 0.15) is 86.7 Å². The van der Waals surface area contributed by atoms with Gasteiger partial charge in [0, 0.05) is 77.4 Å². The summed E-state index contributed by atoms with van der Waals surface area (Å²) in [6.07, 6.45) is 17.6. The van der Waals surface area contributed by atoms with Crippen LogP contribution in [-0.4, -0.2) is 32.8 Å². The highest BCUT2D eigenvalue weighted by atomic mass is 15.1. The second-order valence-electron chi connectivity index (χ2n) is 14.5. The maximum Gasteiger partial charge on any atom is 0.0568 e. The van der Waals surface area contributed by atoms with E-state index >= 15 is 0 Å². The lowest BCUT2D eigenvalue weighted by Crippen LogP contribution is -2.14. The van der Waals surface area contributed by atoms with Crippen LogP contribution in [0.15, 0.2) is 153 Å². The molecule has 0 atom stereocenters. The zero-order valence-corrected chi connectivity index (χ0v) is 35.4. The van der Waals surface area contributed by atoms with Crippen LogP contribution in [0.5, 0.6) is 0 Å². The molecule has 0 spiro atoms. The Morgan fingerprint density at radius 2 is 1.46 bits per heavy atom. The summed E-state index contributed by atoms with van der Waals surface area (Å²) in [6.45, 7) is 32.2. The van der Waals surface area contributed by atoms with E-state index in [1.54, 1.807) is 0 Å². The van der Waals surface area contributed by atoms with Gasteiger partial charge in [0.1, 0.15) is 0 Å². The minimum Gasteiger partial charge on any atom is -0.376 e. The molecular weight excluding hydrogens is 695 g/mol. The van der Waals surface area contributed by atoms with Crippen molar-refractivity contribution in [3.05, 3.63) is 187 Å². The smallest absolute Gasteiger partial charge is 0.0568 e. The van der Waals surface area contributed by atoms with E-state index < -0.39 is 0 Å². The summed E-state index contributed by atoms with van der Waals surface area (Å²) >= 11 is 0. The number of hydrogen-bond acceptors (Lipinski definition) is 3. The van der Waals surface area contributed by atoms with Gasteiger partial charge in [-0.25, -0.2) is 0 Å². The number of hydrogen-bond donors (Lipinski definition) is 0. The lowest BCUT2D eigenvalue weighted by atomic mass is 10.00. The van der Waals surface area contributed by atoms with Gasteiger partial charge in [-0.2, -0.15) is 0 Å². The second-order valence-corrected chi connectivity index (χ2v) is 14.5. The first-order chi connectivity index (χ1) is 27.5. The highest BCUT2D eigenvalue weighted by molar-refractivity contribution is 5.95. The van der Waals surface area contributed by atoms with Crippen molar-refractivity contribution in [2.75, 3.05) is 7.05 Å². The van der Waals surface area contributed by atoms with Crippen LogP contribution in [0.3, 0.4) is 0 Å². The molecule has 1 aliphatic rings. The van der Waals surface area contributed by atoms with E-state index in [0.29, 0.717) is 0 Å². The van der Waals surface area contributed by atoms with E-state index in [0.717, 1.165) is 31.5 Å². The number of para-hydroxylation sites is 1. The molecule has 4 heterocycles. The first-order valence-electron chi connectivity index (χ1n) is 19.8. The fraction of sp³-hybridized carbons (Fsp3) is 0.231. The van der Waals surface area contributed by atoms with E-state index in [-0.39, 0.29) is 0 Å². The number of pyridine rings is 1. The summed E-state index contributed by atoms with van der Waals surface area (Å²) in [5.41, 5.74) is 16.2. The second kappa shape index (κ2) is 21.2. The Labute approximate surface area is 342 Å². The first kappa shape index (κ1) is 43.5. The maximum atomic E-state index is 4.38. The monoisotopic (exact) mass is 755 g/mol. The summed E-state index contributed by atoms with van der Waals surface area (Å²) in [6, 6.07) is 28.5. The van der Waals surface area contributed by atoms with Crippen LogP contribution in [0.2, 0.25) is 0 Å². The van der Waals surface area contributed by atoms with E-state index in [1.165, 1.54) is 90.5 Å². The molecule has 57 heavy (non-hydrogen) atoms. The fourth-order valence-corrected chi connectivity index (χ4v) is 7.12. The van der Waals surface area contributed by atoms with Crippen molar-refractivity contribution < 1.29 is 0 Å². The molecule has 0 aliphatic carbocycles. The van der Waals surface area contributed by atoms with Crippen LogP contribution in [0.25, 0.3) is 44.8 Å². The van der Waals surface area contributed by atoms with Crippen molar-refractivity contribution in [1.82, 2.24) is 19.0 Å². The number of allylic oxidation sites excluding steroid dienone is 5. The molecule has 3 aromatic carbocycles. The van der Waals surface area contributed by atoms with Crippen LogP contribution >= 0.6 is 0 Å². The van der Waals surface area contributed by atoms with Gasteiger partial charge >= 0.3 is 0 Å². The van der Waals surface area contributed by atoms with Gasteiger partial charge < -0.3 is 14.0 Å². The van der Waals surface area contributed by atoms with Crippen molar-refractivity contribution in [3.8, 4) is 5.69 Å². The molecule has 6 aromatic rings. The molecule has 0 amide bonds. The number of aliphatic imine (C=N–C) groups is 1. The van der Waals surface area contributed by atoms with Gasteiger partial charge in [0.25, 0.3) is 0 Å². The van der Waals surface area contributed by atoms with Crippen molar-refractivity contribution in [2.24, 2.45) is 4.99 Å². The number of rotatable bonds is 10. The summed E-state index contributed by atoms with van der Waals surface area (Å²) in [4.78, 5) is 9.84. The Morgan fingerprint density at radius 3 is 2.05 bits per heavy atom. The zero-order valence-electron chi connectivity index (χ0n) is 35.4. The molecule has 0 saturated heterocycles. The Bertz CT molecular complexity index is 2370. The van der Waals surface area contributed by atoms with Gasteiger partial charge in [-0.15, -0.1) is 0 Å². The van der Waals surface area contributed by atoms with E-state index in [2.05, 4.69) is 203 Å². The molecule has 0 N–H and O–H groups in total. The maximum absolute atomic E-state index is 4.38.